The highest BCUT2D eigenvalue weighted by Gasteiger charge is 2.52. The van der Waals surface area contributed by atoms with Crippen molar-refractivity contribution >= 4 is 40.3 Å². The lowest BCUT2D eigenvalue weighted by Crippen LogP contribution is -2.40. The Labute approximate surface area is 172 Å². The zero-order valence-corrected chi connectivity index (χ0v) is 17.2. The van der Waals surface area contributed by atoms with Gasteiger partial charge in [0.05, 0.1) is 18.7 Å². The van der Waals surface area contributed by atoms with Gasteiger partial charge < -0.3 is 10.1 Å². The van der Waals surface area contributed by atoms with Gasteiger partial charge in [0.2, 0.25) is 11.8 Å². The molecular formula is C16H23F3N2O6S2. The molecule has 0 saturated heterocycles. The highest BCUT2D eigenvalue weighted by Crippen LogP contribution is 2.60. The molecule has 1 aliphatic rings. The van der Waals surface area contributed by atoms with Gasteiger partial charge in [-0.1, -0.05) is 12.2 Å². The predicted octanol–water partition coefficient (Wildman–Crippen LogP) is 3.04. The Morgan fingerprint density at radius 3 is 2.55 bits per heavy atom. The molecule has 0 bridgehead atoms. The van der Waals surface area contributed by atoms with Crippen LogP contribution in [0, 0.1) is 0 Å². The number of hydrogen-bond acceptors (Lipinski definition) is 7. The van der Waals surface area contributed by atoms with Crippen molar-refractivity contribution in [3.8, 4) is 0 Å². The largest absolute Gasteiger partial charge is 0.514 e. The summed E-state index contributed by atoms with van der Waals surface area (Å²) in [7, 11) is -5.44. The molecule has 0 aliphatic heterocycles. The summed E-state index contributed by atoms with van der Waals surface area (Å²) in [6.45, 7) is -0.108. The van der Waals surface area contributed by atoms with E-state index in [2.05, 4.69) is 5.32 Å². The van der Waals surface area contributed by atoms with E-state index in [4.69, 9.17) is 4.74 Å². The lowest BCUT2D eigenvalue weighted by atomic mass is 10.1. The molecule has 0 aromatic heterocycles. The Bertz CT molecular complexity index is 668. The highest BCUT2D eigenvalue weighted by atomic mass is 32.3. The summed E-state index contributed by atoms with van der Waals surface area (Å²) in [6.07, 6.45) is 5.08. The maximum atomic E-state index is 13.1. The van der Waals surface area contributed by atoms with E-state index in [1.54, 1.807) is 12.3 Å². The molecule has 0 fully saturated rings. The highest BCUT2D eigenvalue weighted by molar-refractivity contribution is 8.23. The molecule has 0 atom stereocenters. The molecule has 0 aromatic rings. The lowest BCUT2D eigenvalue weighted by Gasteiger charge is -2.44. The maximum Gasteiger partial charge on any atom is 0.514 e. The number of esters is 1. The zero-order chi connectivity index (χ0) is 22.1. The van der Waals surface area contributed by atoms with Gasteiger partial charge in [0.1, 0.15) is 6.61 Å². The molecule has 0 spiro atoms. The van der Waals surface area contributed by atoms with Crippen LogP contribution in [0.3, 0.4) is 0 Å². The average Bonchev–Trinajstić information content (AvgIpc) is 2.64. The van der Waals surface area contributed by atoms with Crippen molar-refractivity contribution in [2.75, 3.05) is 25.2 Å². The number of amides is 2. The van der Waals surface area contributed by atoms with Gasteiger partial charge in [-0.25, -0.2) is 4.31 Å². The van der Waals surface area contributed by atoms with Gasteiger partial charge in [0.15, 0.2) is 0 Å². The Kier molecular flexibility index (Phi) is 10.0. The van der Waals surface area contributed by atoms with E-state index in [0.29, 0.717) is 6.42 Å². The fraction of sp³-hybridized carbons (Fsp3) is 0.562. The van der Waals surface area contributed by atoms with Crippen molar-refractivity contribution in [3.63, 3.8) is 0 Å². The van der Waals surface area contributed by atoms with Crippen LogP contribution in [0.4, 0.5) is 13.2 Å². The normalized spacial score (nSPS) is 14.8. The van der Waals surface area contributed by atoms with Crippen LogP contribution in [0.25, 0.3) is 0 Å². The molecule has 2 amide bonds. The number of carbonyl (C=O) groups excluding carboxylic acids is 3. The quantitative estimate of drug-likeness (QED) is 0.339. The van der Waals surface area contributed by atoms with Crippen molar-refractivity contribution in [2.45, 2.75) is 31.2 Å². The van der Waals surface area contributed by atoms with E-state index in [1.165, 1.54) is 23.9 Å². The summed E-state index contributed by atoms with van der Waals surface area (Å²) in [5, 5.41) is 2.49. The van der Waals surface area contributed by atoms with Crippen LogP contribution in [0.5, 0.6) is 0 Å². The smallest absolute Gasteiger partial charge is 0.464 e. The Morgan fingerprint density at radius 2 is 2.00 bits per heavy atom. The third kappa shape index (κ3) is 7.91. The summed E-state index contributed by atoms with van der Waals surface area (Å²) in [5.74, 6) is -2.12. The number of nitrogens with zero attached hydrogens (tertiary/aromatic N) is 1. The van der Waals surface area contributed by atoms with Crippen LogP contribution in [-0.4, -0.2) is 61.9 Å². The fourth-order valence-corrected chi connectivity index (χ4v) is 3.67. The lowest BCUT2D eigenvalue weighted by molar-refractivity contribution is -0.145. The van der Waals surface area contributed by atoms with Crippen LogP contribution in [-0.2, 0) is 19.1 Å². The van der Waals surface area contributed by atoms with Crippen LogP contribution >= 0.6 is 22.5 Å². The maximum absolute atomic E-state index is 13.1. The first-order valence-corrected chi connectivity index (χ1v) is 11.3. The third-order valence-electron chi connectivity index (χ3n) is 3.55. The van der Waals surface area contributed by atoms with Gasteiger partial charge >= 0.3 is 11.5 Å². The van der Waals surface area contributed by atoms with E-state index >= 15 is 0 Å². The Hall–Kier alpha value is -1.70. The second-order valence-corrected chi connectivity index (χ2v) is 8.51. The van der Waals surface area contributed by atoms with Crippen LogP contribution in [0.15, 0.2) is 23.9 Å². The molecule has 0 heterocycles. The predicted molar refractivity (Wildman–Crippen MR) is 104 cm³/mol. The second-order valence-electron chi connectivity index (χ2n) is 5.78. The van der Waals surface area contributed by atoms with Crippen molar-refractivity contribution in [1.29, 1.82) is 0 Å². The van der Waals surface area contributed by atoms with Gasteiger partial charge in [0.25, 0.3) is 0 Å². The van der Waals surface area contributed by atoms with E-state index in [9.17, 15) is 36.7 Å². The van der Waals surface area contributed by atoms with Crippen LogP contribution < -0.4 is 5.32 Å². The number of alkyl halides is 3. The van der Waals surface area contributed by atoms with Crippen molar-refractivity contribution in [2.24, 2.45) is 0 Å². The molecule has 0 aromatic carbocycles. The molecule has 13 heteroatoms. The van der Waals surface area contributed by atoms with E-state index in [0.717, 1.165) is 0 Å². The fourth-order valence-electron chi connectivity index (χ4n) is 2.25. The van der Waals surface area contributed by atoms with Gasteiger partial charge in [-0.05, 0) is 35.9 Å². The van der Waals surface area contributed by atoms with E-state index < -0.39 is 41.0 Å². The first kappa shape index (κ1) is 25.3. The summed E-state index contributed by atoms with van der Waals surface area (Å²) < 4.78 is 63.3. The van der Waals surface area contributed by atoms with Gasteiger partial charge in [-0.15, -0.1) is 0 Å². The molecule has 29 heavy (non-hydrogen) atoms. The Morgan fingerprint density at radius 1 is 1.31 bits per heavy atom. The number of hydrogen-bond donors (Lipinski definition) is 3. The first-order chi connectivity index (χ1) is 13.5. The molecule has 1 rings (SSSR count). The molecule has 8 nitrogen and oxygen atoms in total. The molecule has 0 saturated carbocycles. The number of rotatable bonds is 10. The minimum Gasteiger partial charge on any atom is -0.464 e. The standard InChI is InChI=1S/C16H23F3N2O6S2/c1-28-11-13(22)20-9-10-27-15(24)8-7-14(23)21(12-5-3-2-4-6-12)29(25,26)16(17,18)19/h2-3,5,25-26H,4,6-11H2,1H3,(H,20,22). The van der Waals surface area contributed by atoms with Gasteiger partial charge in [-0.2, -0.15) is 24.9 Å². The number of ether oxygens (including phenoxy) is 1. The topological polar surface area (TPSA) is 116 Å². The molecule has 0 unspecified atom stereocenters. The van der Waals surface area contributed by atoms with Crippen LogP contribution in [0.2, 0.25) is 0 Å². The molecule has 3 N–H and O–H groups in total. The summed E-state index contributed by atoms with van der Waals surface area (Å²) in [5.41, 5.74) is -5.64. The Balaban J connectivity index is 2.65. The molecular weight excluding hydrogens is 437 g/mol. The minimum absolute atomic E-state index is 0.00831. The number of thioether (sulfide) groups is 1. The third-order valence-corrected chi connectivity index (χ3v) is 5.67. The van der Waals surface area contributed by atoms with Gasteiger partial charge in [-0.3, -0.25) is 23.5 Å². The van der Waals surface area contributed by atoms with Gasteiger partial charge in [0, 0.05) is 12.1 Å². The summed E-state index contributed by atoms with van der Waals surface area (Å²) in [6, 6.07) is 0. The minimum atomic E-state index is -5.44. The van der Waals surface area contributed by atoms with Crippen LogP contribution in [0.1, 0.15) is 25.7 Å². The van der Waals surface area contributed by atoms with Crippen molar-refractivity contribution < 1.29 is 41.4 Å². The average molecular weight is 460 g/mol. The number of carbonyl (C=O) groups is 3. The number of halogens is 3. The SMILES string of the molecule is CSCC(=O)NCCOC(=O)CCC(=O)N(C1=CC=CCC1)S(O)(O)C(F)(F)F. The summed E-state index contributed by atoms with van der Waals surface area (Å²) >= 11 is 1.31. The molecule has 166 valence electrons. The zero-order valence-electron chi connectivity index (χ0n) is 15.6. The van der Waals surface area contributed by atoms with Crippen molar-refractivity contribution in [3.05, 3.63) is 23.9 Å². The molecule has 0 radical (unpaired) electrons. The number of nitrogens with one attached hydrogen (secondary N) is 1. The van der Waals surface area contributed by atoms with Crippen molar-refractivity contribution in [1.82, 2.24) is 9.62 Å². The van der Waals surface area contributed by atoms with E-state index in [1.807, 2.05) is 0 Å². The molecule has 1 aliphatic carbocycles. The van der Waals surface area contributed by atoms with E-state index in [-0.39, 0.29) is 41.2 Å². The second kappa shape index (κ2) is 11.5. The monoisotopic (exact) mass is 460 g/mol. The number of allylic oxidation sites excluding steroid dienone is 4. The summed E-state index contributed by atoms with van der Waals surface area (Å²) in [4.78, 5) is 35.2. The first-order valence-electron chi connectivity index (χ1n) is 8.45.